The van der Waals surface area contributed by atoms with Crippen molar-refractivity contribution < 1.29 is 23.5 Å². The molecule has 4 rings (SSSR count). The van der Waals surface area contributed by atoms with Gasteiger partial charge in [0.15, 0.2) is 0 Å². The van der Waals surface area contributed by atoms with Gasteiger partial charge in [-0.1, -0.05) is 67.6 Å². The van der Waals surface area contributed by atoms with Gasteiger partial charge >= 0.3 is 17.7 Å². The molecule has 0 aliphatic rings. The first-order valence-corrected chi connectivity index (χ1v) is 12.2. The van der Waals surface area contributed by atoms with Gasteiger partial charge in [0.05, 0.1) is 0 Å². The Balaban J connectivity index is 1.48. The van der Waals surface area contributed by atoms with E-state index < -0.39 is 23.7 Å². The number of hydrogen-bond acceptors (Lipinski definition) is 6. The first-order valence-electron chi connectivity index (χ1n) is 12.2. The Labute approximate surface area is 215 Å². The summed E-state index contributed by atoms with van der Waals surface area (Å²) in [5.41, 5.74) is 3.74. The highest BCUT2D eigenvalue weighted by Gasteiger charge is 2.24. The fraction of sp³-hybridized carbons (Fsp3) is 0.233. The van der Waals surface area contributed by atoms with Crippen LogP contribution in [0.1, 0.15) is 41.2 Å². The molecule has 7 nitrogen and oxygen atoms in total. The lowest BCUT2D eigenvalue weighted by Crippen LogP contribution is -2.42. The average molecular weight is 500 g/mol. The second-order valence-electron chi connectivity index (χ2n) is 8.81. The highest BCUT2D eigenvalue weighted by Crippen LogP contribution is 2.30. The highest BCUT2D eigenvalue weighted by atomic mass is 16.6. The maximum Gasteiger partial charge on any atom is 0.408 e. The van der Waals surface area contributed by atoms with Crippen LogP contribution in [0.4, 0.5) is 4.79 Å². The number of alkyl carbamates (subject to hydrolysis) is 1. The van der Waals surface area contributed by atoms with E-state index >= 15 is 0 Å². The Morgan fingerprint density at radius 3 is 2.19 bits per heavy atom. The predicted molar refractivity (Wildman–Crippen MR) is 141 cm³/mol. The number of fused-ring (bicyclic) bond motifs is 1. The van der Waals surface area contributed by atoms with Crippen molar-refractivity contribution in [2.75, 3.05) is 0 Å². The molecule has 1 atom stereocenters. The van der Waals surface area contributed by atoms with Crippen molar-refractivity contribution in [1.29, 1.82) is 0 Å². The van der Waals surface area contributed by atoms with E-state index in [1.807, 2.05) is 67.6 Å². The molecule has 37 heavy (non-hydrogen) atoms. The predicted octanol–water partition coefficient (Wildman–Crippen LogP) is 5.61. The monoisotopic (exact) mass is 499 g/mol. The third-order valence-electron chi connectivity index (χ3n) is 6.29. The second-order valence-corrected chi connectivity index (χ2v) is 8.81. The Morgan fingerprint density at radius 2 is 1.54 bits per heavy atom. The van der Waals surface area contributed by atoms with Crippen LogP contribution in [0.3, 0.4) is 0 Å². The second kappa shape index (κ2) is 11.6. The molecule has 1 N–H and O–H groups in total. The molecule has 0 spiro atoms. The van der Waals surface area contributed by atoms with Crippen LogP contribution in [-0.4, -0.2) is 18.1 Å². The van der Waals surface area contributed by atoms with Crippen LogP contribution in [0.5, 0.6) is 5.75 Å². The SMILES string of the molecule is CC[C@@H](NC(=O)OCc1ccccc1)C(=O)Oc1ccc2c(C)c(Cc3ccccc3)c(=O)oc2c1C. The number of hydrogen-bond donors (Lipinski definition) is 1. The van der Waals surface area contributed by atoms with Crippen LogP contribution in [0.2, 0.25) is 0 Å². The number of aryl methyl sites for hydroxylation is 2. The van der Waals surface area contributed by atoms with Crippen molar-refractivity contribution in [3.05, 3.63) is 111 Å². The maximum absolute atomic E-state index is 12.8. The molecule has 0 unspecified atom stereocenters. The number of benzene rings is 3. The highest BCUT2D eigenvalue weighted by molar-refractivity contribution is 5.88. The van der Waals surface area contributed by atoms with Crippen molar-refractivity contribution >= 4 is 23.0 Å². The van der Waals surface area contributed by atoms with Gasteiger partial charge in [0.1, 0.15) is 24.0 Å². The molecule has 4 aromatic rings. The van der Waals surface area contributed by atoms with E-state index in [0.717, 1.165) is 22.1 Å². The summed E-state index contributed by atoms with van der Waals surface area (Å²) in [5, 5.41) is 3.33. The summed E-state index contributed by atoms with van der Waals surface area (Å²) < 4.78 is 16.5. The minimum absolute atomic E-state index is 0.0899. The molecule has 0 radical (unpaired) electrons. The van der Waals surface area contributed by atoms with Crippen LogP contribution in [0.15, 0.2) is 82.0 Å². The summed E-state index contributed by atoms with van der Waals surface area (Å²) >= 11 is 0. The number of ether oxygens (including phenoxy) is 2. The number of nitrogens with one attached hydrogen (secondary N) is 1. The van der Waals surface area contributed by atoms with Crippen molar-refractivity contribution in [1.82, 2.24) is 5.32 Å². The summed E-state index contributed by atoms with van der Waals surface area (Å²) in [6, 6.07) is 21.5. The lowest BCUT2D eigenvalue weighted by Gasteiger charge is -2.17. The van der Waals surface area contributed by atoms with Crippen LogP contribution in [0.25, 0.3) is 11.0 Å². The molecule has 0 aliphatic carbocycles. The van der Waals surface area contributed by atoms with E-state index in [-0.39, 0.29) is 12.4 Å². The molecule has 1 aromatic heterocycles. The molecule has 190 valence electrons. The minimum atomic E-state index is -0.902. The van der Waals surface area contributed by atoms with E-state index in [0.29, 0.717) is 29.6 Å². The van der Waals surface area contributed by atoms with Gasteiger partial charge in [-0.3, -0.25) is 0 Å². The molecule has 0 aliphatic heterocycles. The van der Waals surface area contributed by atoms with Crippen LogP contribution in [0, 0.1) is 13.8 Å². The minimum Gasteiger partial charge on any atom is -0.445 e. The number of carbonyl (C=O) groups excluding carboxylic acids is 2. The zero-order valence-electron chi connectivity index (χ0n) is 21.1. The Hall–Kier alpha value is -4.39. The van der Waals surface area contributed by atoms with Gasteiger partial charge in [-0.15, -0.1) is 0 Å². The van der Waals surface area contributed by atoms with Crippen LogP contribution < -0.4 is 15.7 Å². The number of carbonyl (C=O) groups is 2. The summed E-state index contributed by atoms with van der Waals surface area (Å²) in [7, 11) is 0. The Bertz CT molecular complexity index is 1460. The first-order chi connectivity index (χ1) is 17.9. The first kappa shape index (κ1) is 25.7. The van der Waals surface area contributed by atoms with Gasteiger partial charge in [-0.25, -0.2) is 14.4 Å². The van der Waals surface area contributed by atoms with Gasteiger partial charge in [-0.05, 0) is 49.1 Å². The number of rotatable bonds is 8. The van der Waals surface area contributed by atoms with Crippen LogP contribution in [-0.2, 0) is 22.6 Å². The zero-order chi connectivity index (χ0) is 26.4. The van der Waals surface area contributed by atoms with E-state index in [4.69, 9.17) is 13.9 Å². The number of amides is 1. The quantitative estimate of drug-likeness (QED) is 0.192. The van der Waals surface area contributed by atoms with Gasteiger partial charge in [0.2, 0.25) is 0 Å². The standard InChI is InChI=1S/C30H29NO6/c1-4-25(31-30(34)35-18-22-13-9-6-10-14-22)29(33)36-26-16-15-23-19(2)24(17-21-11-7-5-8-12-21)28(32)37-27(23)20(26)3/h5-16,25H,4,17-18H2,1-3H3,(H,31,34)/t25-/m1/s1. The molecular formula is C30H29NO6. The topological polar surface area (TPSA) is 94.8 Å². The van der Waals surface area contributed by atoms with Gasteiger partial charge in [0.25, 0.3) is 0 Å². The summed E-state index contributed by atoms with van der Waals surface area (Å²) in [4.78, 5) is 37.9. The lowest BCUT2D eigenvalue weighted by molar-refractivity contribution is -0.136. The van der Waals surface area contributed by atoms with Gasteiger partial charge in [-0.2, -0.15) is 0 Å². The molecule has 0 saturated heterocycles. The van der Waals surface area contributed by atoms with E-state index in [9.17, 15) is 14.4 Å². The zero-order valence-corrected chi connectivity index (χ0v) is 21.1. The fourth-order valence-corrected chi connectivity index (χ4v) is 4.10. The molecule has 7 heteroatoms. The van der Waals surface area contributed by atoms with Crippen molar-refractivity contribution in [2.24, 2.45) is 0 Å². The van der Waals surface area contributed by atoms with Crippen molar-refractivity contribution in [2.45, 2.75) is 46.3 Å². The maximum atomic E-state index is 12.8. The van der Waals surface area contributed by atoms with Crippen molar-refractivity contribution in [3.8, 4) is 5.75 Å². The Morgan fingerprint density at radius 1 is 0.892 bits per heavy atom. The van der Waals surface area contributed by atoms with Gasteiger partial charge in [0, 0.05) is 22.9 Å². The average Bonchev–Trinajstić information content (AvgIpc) is 2.91. The third-order valence-corrected chi connectivity index (χ3v) is 6.29. The largest absolute Gasteiger partial charge is 0.445 e. The van der Waals surface area contributed by atoms with Crippen LogP contribution >= 0.6 is 0 Å². The smallest absolute Gasteiger partial charge is 0.408 e. The normalized spacial score (nSPS) is 11.6. The molecule has 1 heterocycles. The summed E-state index contributed by atoms with van der Waals surface area (Å²) in [6.07, 6.45) is 0.0592. The van der Waals surface area contributed by atoms with E-state index in [1.165, 1.54) is 0 Å². The molecule has 1 amide bonds. The Kier molecular flexibility index (Phi) is 8.03. The summed E-state index contributed by atoms with van der Waals surface area (Å²) in [5.74, 6) is -0.379. The van der Waals surface area contributed by atoms with E-state index in [1.54, 1.807) is 26.0 Å². The third kappa shape index (κ3) is 6.06. The molecule has 3 aromatic carbocycles. The van der Waals surface area contributed by atoms with Crippen molar-refractivity contribution in [3.63, 3.8) is 0 Å². The molecular weight excluding hydrogens is 470 g/mol. The molecule has 0 saturated carbocycles. The summed E-state index contributed by atoms with van der Waals surface area (Å²) in [6.45, 7) is 5.47. The van der Waals surface area contributed by atoms with E-state index in [2.05, 4.69) is 5.32 Å². The molecule has 0 bridgehead atoms. The molecule has 0 fully saturated rings. The fourth-order valence-electron chi connectivity index (χ4n) is 4.10. The number of esters is 1. The lowest BCUT2D eigenvalue weighted by atomic mass is 9.98. The van der Waals surface area contributed by atoms with Gasteiger partial charge < -0.3 is 19.2 Å².